The van der Waals surface area contributed by atoms with E-state index in [1.807, 2.05) is 0 Å². The van der Waals surface area contributed by atoms with Gasteiger partial charge in [-0.1, -0.05) is 12.1 Å². The second kappa shape index (κ2) is 5.66. The quantitative estimate of drug-likeness (QED) is 0.857. The van der Waals surface area contributed by atoms with Gasteiger partial charge in [0.2, 0.25) is 0 Å². The molecule has 0 amide bonds. The van der Waals surface area contributed by atoms with Crippen molar-refractivity contribution in [3.8, 4) is 0 Å². The van der Waals surface area contributed by atoms with E-state index in [-0.39, 0.29) is 9.79 Å². The predicted molar refractivity (Wildman–Crippen MR) is 88.6 cm³/mol. The fraction of sp³-hybridized carbons (Fsp3) is 0.375. The summed E-state index contributed by atoms with van der Waals surface area (Å²) in [7, 11) is -6.76. The third-order valence-electron chi connectivity index (χ3n) is 3.68. The van der Waals surface area contributed by atoms with Gasteiger partial charge >= 0.3 is 0 Å². The standard InChI is InChI=1S/C16H20O4S2/c1-11(2)21(17,18)15-7-5-13-6-8-16(10-14(13)9-15)22(19,20)12(3)4/h5-12H,1-4H3. The highest BCUT2D eigenvalue weighted by molar-refractivity contribution is 7.92. The molecule has 0 radical (unpaired) electrons. The summed E-state index contributed by atoms with van der Waals surface area (Å²) in [6.45, 7) is 6.50. The SMILES string of the molecule is CC(C)S(=O)(=O)c1ccc2ccc(S(=O)(=O)C(C)C)cc2c1. The molecule has 2 aromatic rings. The van der Waals surface area contributed by atoms with E-state index < -0.39 is 30.2 Å². The van der Waals surface area contributed by atoms with Gasteiger partial charge in [-0.2, -0.15) is 0 Å². The van der Waals surface area contributed by atoms with E-state index in [2.05, 4.69) is 0 Å². The number of rotatable bonds is 4. The number of benzene rings is 2. The molecule has 0 saturated heterocycles. The van der Waals surface area contributed by atoms with Crippen LogP contribution in [0.15, 0.2) is 46.2 Å². The molecule has 0 aliphatic rings. The maximum absolute atomic E-state index is 12.2. The molecule has 22 heavy (non-hydrogen) atoms. The number of hydrogen-bond acceptors (Lipinski definition) is 4. The molecular weight excluding hydrogens is 320 g/mol. The molecule has 0 N–H and O–H groups in total. The van der Waals surface area contributed by atoms with Crippen LogP contribution in [0.4, 0.5) is 0 Å². The van der Waals surface area contributed by atoms with Crippen molar-refractivity contribution in [2.75, 3.05) is 0 Å². The Labute approximate surface area is 132 Å². The van der Waals surface area contributed by atoms with Crippen molar-refractivity contribution in [3.05, 3.63) is 36.4 Å². The highest BCUT2D eigenvalue weighted by atomic mass is 32.2. The topological polar surface area (TPSA) is 68.3 Å². The van der Waals surface area contributed by atoms with E-state index in [0.29, 0.717) is 5.39 Å². The number of sulfone groups is 2. The zero-order valence-corrected chi connectivity index (χ0v) is 14.7. The van der Waals surface area contributed by atoms with Crippen LogP contribution in [-0.4, -0.2) is 27.3 Å². The highest BCUT2D eigenvalue weighted by Crippen LogP contribution is 2.26. The minimum Gasteiger partial charge on any atom is -0.223 e. The fourth-order valence-corrected chi connectivity index (χ4v) is 4.29. The Bertz CT molecular complexity index is 836. The molecule has 0 fully saturated rings. The van der Waals surface area contributed by atoms with Crippen LogP contribution in [0.2, 0.25) is 0 Å². The normalized spacial score (nSPS) is 13.2. The lowest BCUT2D eigenvalue weighted by Gasteiger charge is -2.11. The van der Waals surface area contributed by atoms with Gasteiger partial charge in [-0.3, -0.25) is 0 Å². The van der Waals surface area contributed by atoms with Crippen molar-refractivity contribution in [2.24, 2.45) is 0 Å². The zero-order chi connectivity index (χ0) is 16.7. The summed E-state index contributed by atoms with van der Waals surface area (Å²) in [5, 5.41) is 0.383. The summed E-state index contributed by atoms with van der Waals surface area (Å²) in [5.74, 6) is 0. The van der Waals surface area contributed by atoms with E-state index in [1.165, 1.54) is 0 Å². The van der Waals surface area contributed by atoms with E-state index in [1.54, 1.807) is 64.1 Å². The molecule has 0 unspecified atom stereocenters. The van der Waals surface area contributed by atoms with Crippen LogP contribution in [0.25, 0.3) is 10.8 Å². The molecule has 0 aliphatic heterocycles. The smallest absolute Gasteiger partial charge is 0.180 e. The van der Waals surface area contributed by atoms with Gasteiger partial charge in [0.15, 0.2) is 19.7 Å². The molecular formula is C16H20O4S2. The van der Waals surface area contributed by atoms with E-state index >= 15 is 0 Å². The van der Waals surface area contributed by atoms with Crippen molar-refractivity contribution in [1.29, 1.82) is 0 Å². The summed E-state index contributed by atoms with van der Waals surface area (Å²) in [6.07, 6.45) is 0. The van der Waals surface area contributed by atoms with E-state index in [0.717, 1.165) is 5.39 Å². The largest absolute Gasteiger partial charge is 0.223 e. The number of fused-ring (bicyclic) bond motifs is 1. The predicted octanol–water partition coefficient (Wildman–Crippen LogP) is 3.20. The van der Waals surface area contributed by atoms with Crippen molar-refractivity contribution in [2.45, 2.75) is 48.0 Å². The molecule has 0 aliphatic carbocycles. The summed E-state index contributed by atoms with van der Waals surface area (Å²) >= 11 is 0. The Hall–Kier alpha value is -1.40. The summed E-state index contributed by atoms with van der Waals surface area (Å²) in [4.78, 5) is 0.434. The second-order valence-corrected chi connectivity index (χ2v) is 10.9. The monoisotopic (exact) mass is 340 g/mol. The van der Waals surface area contributed by atoms with Crippen LogP contribution in [0.5, 0.6) is 0 Å². The molecule has 0 aromatic heterocycles. The summed E-state index contributed by atoms with van der Waals surface area (Å²) in [5.41, 5.74) is 0. The van der Waals surface area contributed by atoms with Gasteiger partial charge in [0.1, 0.15) is 0 Å². The Balaban J connectivity index is 2.67. The van der Waals surface area contributed by atoms with Crippen molar-refractivity contribution in [3.63, 3.8) is 0 Å². The second-order valence-electron chi connectivity index (χ2n) is 5.86. The molecule has 0 spiro atoms. The average molecular weight is 340 g/mol. The molecule has 0 bridgehead atoms. The Morgan fingerprint density at radius 2 is 1.00 bits per heavy atom. The van der Waals surface area contributed by atoms with Gasteiger partial charge in [0, 0.05) is 0 Å². The third-order valence-corrected chi connectivity index (χ3v) is 7.99. The van der Waals surface area contributed by atoms with Crippen LogP contribution in [0.3, 0.4) is 0 Å². The Kier molecular flexibility index (Phi) is 4.37. The first-order valence-electron chi connectivity index (χ1n) is 7.08. The van der Waals surface area contributed by atoms with Gasteiger partial charge < -0.3 is 0 Å². The first kappa shape index (κ1) is 17.0. The first-order chi connectivity index (χ1) is 10.1. The lowest BCUT2D eigenvalue weighted by atomic mass is 10.1. The molecule has 0 heterocycles. The maximum Gasteiger partial charge on any atom is 0.180 e. The molecule has 6 heteroatoms. The van der Waals surface area contributed by atoms with Crippen molar-refractivity contribution in [1.82, 2.24) is 0 Å². The van der Waals surface area contributed by atoms with Crippen LogP contribution in [0, 0.1) is 0 Å². The van der Waals surface area contributed by atoms with E-state index in [9.17, 15) is 16.8 Å². The van der Waals surface area contributed by atoms with Crippen LogP contribution in [0.1, 0.15) is 27.7 Å². The molecule has 4 nitrogen and oxygen atoms in total. The van der Waals surface area contributed by atoms with Crippen molar-refractivity contribution < 1.29 is 16.8 Å². The molecule has 2 rings (SSSR count). The van der Waals surface area contributed by atoms with E-state index in [4.69, 9.17) is 0 Å². The van der Waals surface area contributed by atoms with Gasteiger partial charge in [-0.05, 0) is 62.7 Å². The minimum absolute atomic E-state index is 0.217. The lowest BCUT2D eigenvalue weighted by molar-refractivity contribution is 0.586. The van der Waals surface area contributed by atoms with Gasteiger partial charge in [0.05, 0.1) is 20.3 Å². The first-order valence-corrected chi connectivity index (χ1v) is 10.2. The molecule has 0 atom stereocenters. The lowest BCUT2D eigenvalue weighted by Crippen LogP contribution is -2.14. The third kappa shape index (κ3) is 2.90. The van der Waals surface area contributed by atoms with Crippen LogP contribution >= 0.6 is 0 Å². The molecule has 2 aromatic carbocycles. The zero-order valence-electron chi connectivity index (χ0n) is 13.1. The van der Waals surface area contributed by atoms with Gasteiger partial charge in [0.25, 0.3) is 0 Å². The maximum atomic E-state index is 12.2. The van der Waals surface area contributed by atoms with Crippen molar-refractivity contribution >= 4 is 30.4 Å². The van der Waals surface area contributed by atoms with Gasteiger partial charge in [-0.25, -0.2) is 16.8 Å². The Morgan fingerprint density at radius 3 is 1.32 bits per heavy atom. The Morgan fingerprint density at radius 1 is 0.636 bits per heavy atom. The van der Waals surface area contributed by atoms with Crippen LogP contribution < -0.4 is 0 Å². The van der Waals surface area contributed by atoms with Crippen LogP contribution in [-0.2, 0) is 19.7 Å². The van der Waals surface area contributed by atoms with Gasteiger partial charge in [-0.15, -0.1) is 0 Å². The minimum atomic E-state index is -3.38. The fourth-order valence-electron chi connectivity index (χ4n) is 2.10. The summed E-state index contributed by atoms with van der Waals surface area (Å²) in [6, 6.07) is 9.63. The number of hydrogen-bond donors (Lipinski definition) is 0. The molecule has 0 saturated carbocycles. The highest BCUT2D eigenvalue weighted by Gasteiger charge is 2.21. The average Bonchev–Trinajstić information content (AvgIpc) is 2.45. The molecule has 120 valence electrons. The summed E-state index contributed by atoms with van der Waals surface area (Å²) < 4.78 is 49.0.